The number of piperazine rings is 1. The fraction of sp³-hybridized carbons (Fsp3) is 0.250. The minimum Gasteiger partial charge on any atom is -0.368 e. The van der Waals surface area contributed by atoms with Gasteiger partial charge in [-0.1, -0.05) is 12.2 Å². The van der Waals surface area contributed by atoms with Gasteiger partial charge in [-0.05, 0) is 43.8 Å². The van der Waals surface area contributed by atoms with Crippen molar-refractivity contribution in [1.82, 2.24) is 24.1 Å². The van der Waals surface area contributed by atoms with Crippen molar-refractivity contribution in [2.24, 2.45) is 0 Å². The van der Waals surface area contributed by atoms with Crippen LogP contribution >= 0.6 is 0 Å². The Morgan fingerprint density at radius 3 is 2.61 bits per heavy atom. The smallest absolute Gasteiger partial charge is 0.255 e. The lowest BCUT2D eigenvalue weighted by Gasteiger charge is -2.36. The molecule has 5 rings (SSSR count). The number of imidazole rings is 1. The maximum atomic E-state index is 14.6. The number of hydrogen-bond acceptors (Lipinski definition) is 4. The number of aromatic nitrogens is 2. The number of pyridine rings is 1. The Bertz CT molecular complexity index is 1210. The Hall–Kier alpha value is -3.45. The summed E-state index contributed by atoms with van der Waals surface area (Å²) >= 11 is 0. The molecule has 5 heterocycles. The summed E-state index contributed by atoms with van der Waals surface area (Å²) in [5, 5.41) is 0. The van der Waals surface area contributed by atoms with Gasteiger partial charge >= 0.3 is 0 Å². The lowest BCUT2D eigenvalue weighted by molar-refractivity contribution is -0.122. The van der Waals surface area contributed by atoms with E-state index in [1.54, 1.807) is 27.8 Å². The Morgan fingerprint density at radius 1 is 1.03 bits per heavy atom. The van der Waals surface area contributed by atoms with Crippen LogP contribution in [0.25, 0.3) is 11.2 Å². The molecular formula is C24H24FN5O. The Morgan fingerprint density at radius 2 is 1.81 bits per heavy atom. The number of rotatable bonds is 2. The minimum absolute atomic E-state index is 0.163. The fourth-order valence-corrected chi connectivity index (χ4v) is 4.10. The molecule has 0 atom stereocenters. The van der Waals surface area contributed by atoms with Crippen LogP contribution in [0, 0.1) is 12.7 Å². The average Bonchev–Trinajstić information content (AvgIpc) is 3.13. The van der Waals surface area contributed by atoms with E-state index in [2.05, 4.69) is 27.9 Å². The van der Waals surface area contributed by atoms with Crippen LogP contribution in [0.4, 0.5) is 4.39 Å². The lowest BCUT2D eigenvalue weighted by Crippen LogP contribution is -2.44. The van der Waals surface area contributed by atoms with Gasteiger partial charge in [0.1, 0.15) is 0 Å². The van der Waals surface area contributed by atoms with E-state index in [9.17, 15) is 9.18 Å². The van der Waals surface area contributed by atoms with Gasteiger partial charge in [-0.3, -0.25) is 9.69 Å². The van der Waals surface area contributed by atoms with Crippen molar-refractivity contribution >= 4 is 17.1 Å². The van der Waals surface area contributed by atoms with Gasteiger partial charge in [-0.25, -0.2) is 9.37 Å². The van der Waals surface area contributed by atoms with E-state index in [1.165, 1.54) is 6.07 Å². The second-order valence-corrected chi connectivity index (χ2v) is 8.13. The topological polar surface area (TPSA) is 44.1 Å². The summed E-state index contributed by atoms with van der Waals surface area (Å²) in [5.41, 5.74) is 4.13. The zero-order valence-corrected chi connectivity index (χ0v) is 17.6. The number of hydrogen-bond donors (Lipinski definition) is 0. The van der Waals surface area contributed by atoms with Gasteiger partial charge in [0.05, 0.1) is 11.4 Å². The zero-order valence-electron chi connectivity index (χ0n) is 17.6. The minimum atomic E-state index is -0.413. The summed E-state index contributed by atoms with van der Waals surface area (Å²) in [6, 6.07) is 1.43. The zero-order chi connectivity index (χ0) is 21.5. The van der Waals surface area contributed by atoms with Crippen molar-refractivity contribution < 1.29 is 9.18 Å². The van der Waals surface area contributed by atoms with Crippen molar-refractivity contribution in [2.45, 2.75) is 6.92 Å². The van der Waals surface area contributed by atoms with E-state index in [-0.39, 0.29) is 11.6 Å². The third-order valence-electron chi connectivity index (χ3n) is 5.85. The molecule has 31 heavy (non-hydrogen) atoms. The molecule has 3 aliphatic heterocycles. The van der Waals surface area contributed by atoms with Crippen molar-refractivity contribution in [3.63, 3.8) is 0 Å². The molecule has 2 aromatic rings. The third-order valence-corrected chi connectivity index (χ3v) is 5.85. The predicted octanol–water partition coefficient (Wildman–Crippen LogP) is 3.11. The first-order valence-electron chi connectivity index (χ1n) is 10.4. The standard InChI is InChI=1S/C24H24FN5O/c1-17-14-29-15-19(12-22(25)24(29)26-17)18-4-3-5-20-6-7-21(16-30(20)23(31)13-18)28-10-8-27(2)9-11-28/h3-7,12-16H,8-11H2,1-2H3/b4-3+,18-13+,20-5+. The summed E-state index contributed by atoms with van der Waals surface area (Å²) in [7, 11) is 2.12. The van der Waals surface area contributed by atoms with Crippen molar-refractivity contribution in [1.29, 1.82) is 0 Å². The van der Waals surface area contributed by atoms with Crippen LogP contribution in [-0.4, -0.2) is 63.2 Å². The molecule has 0 radical (unpaired) electrons. The Labute approximate surface area is 180 Å². The quantitative estimate of drug-likeness (QED) is 0.753. The fourth-order valence-electron chi connectivity index (χ4n) is 4.10. The molecule has 0 unspecified atom stereocenters. The molecule has 0 spiro atoms. The van der Waals surface area contributed by atoms with Gasteiger partial charge in [-0.2, -0.15) is 0 Å². The maximum absolute atomic E-state index is 14.6. The summed E-state index contributed by atoms with van der Waals surface area (Å²) < 4.78 is 16.2. The highest BCUT2D eigenvalue weighted by molar-refractivity contribution is 5.99. The van der Waals surface area contributed by atoms with Gasteiger partial charge in [0.2, 0.25) is 0 Å². The van der Waals surface area contributed by atoms with Crippen LogP contribution in [0.2, 0.25) is 0 Å². The molecule has 1 saturated heterocycles. The number of carbonyl (C=O) groups excluding carboxylic acids is 1. The van der Waals surface area contributed by atoms with Crippen LogP contribution in [0.5, 0.6) is 0 Å². The number of carbonyl (C=O) groups is 1. The molecule has 1 fully saturated rings. The van der Waals surface area contributed by atoms with Gasteiger partial charge in [0.25, 0.3) is 5.91 Å². The maximum Gasteiger partial charge on any atom is 0.255 e. The van der Waals surface area contributed by atoms with Crippen molar-refractivity contribution in [3.8, 4) is 0 Å². The van der Waals surface area contributed by atoms with E-state index in [4.69, 9.17) is 0 Å². The van der Waals surface area contributed by atoms with Crippen LogP contribution in [0.15, 0.2) is 72.5 Å². The predicted molar refractivity (Wildman–Crippen MR) is 118 cm³/mol. The summed E-state index contributed by atoms with van der Waals surface area (Å²) in [6.07, 6.45) is 16.7. The van der Waals surface area contributed by atoms with E-state index in [0.29, 0.717) is 11.1 Å². The Kier molecular flexibility index (Phi) is 4.82. The third kappa shape index (κ3) is 3.72. The van der Waals surface area contributed by atoms with E-state index < -0.39 is 5.82 Å². The van der Waals surface area contributed by atoms with Crippen LogP contribution in [-0.2, 0) is 4.79 Å². The van der Waals surface area contributed by atoms with Crippen molar-refractivity contribution in [3.05, 3.63) is 89.6 Å². The largest absolute Gasteiger partial charge is 0.368 e. The Balaban J connectivity index is 1.48. The van der Waals surface area contributed by atoms with Gasteiger partial charge in [0.15, 0.2) is 11.5 Å². The number of fused-ring (bicyclic) bond motifs is 2. The van der Waals surface area contributed by atoms with E-state index >= 15 is 0 Å². The molecular weight excluding hydrogens is 393 g/mol. The summed E-state index contributed by atoms with van der Waals surface area (Å²) in [5.74, 6) is -0.576. The van der Waals surface area contributed by atoms with Gasteiger partial charge in [0, 0.05) is 62.1 Å². The van der Waals surface area contributed by atoms with Crippen LogP contribution in [0.3, 0.4) is 0 Å². The second kappa shape index (κ2) is 7.67. The number of halogens is 1. The number of aryl methyl sites for hydroxylation is 1. The molecule has 1 amide bonds. The highest BCUT2D eigenvalue weighted by atomic mass is 19.1. The molecule has 0 saturated carbocycles. The molecule has 0 bridgehead atoms. The number of allylic oxidation sites excluding steroid dienone is 6. The molecule has 0 aliphatic carbocycles. The van der Waals surface area contributed by atoms with Crippen LogP contribution < -0.4 is 0 Å². The molecule has 0 aromatic carbocycles. The number of amides is 1. The van der Waals surface area contributed by atoms with Crippen LogP contribution in [0.1, 0.15) is 11.3 Å². The second-order valence-electron chi connectivity index (χ2n) is 8.13. The first kappa shape index (κ1) is 19.5. The van der Waals surface area contributed by atoms with Crippen molar-refractivity contribution in [2.75, 3.05) is 33.2 Å². The normalized spacial score (nSPS) is 24.1. The van der Waals surface area contributed by atoms with Gasteiger partial charge < -0.3 is 14.2 Å². The summed E-state index contributed by atoms with van der Waals surface area (Å²) in [6.45, 7) is 5.68. The van der Waals surface area contributed by atoms with E-state index in [0.717, 1.165) is 43.3 Å². The summed E-state index contributed by atoms with van der Waals surface area (Å²) in [4.78, 5) is 23.6. The first-order chi connectivity index (χ1) is 15.0. The number of nitrogens with zero attached hydrogens (tertiary/aromatic N) is 5. The molecule has 6 nitrogen and oxygen atoms in total. The van der Waals surface area contributed by atoms with Gasteiger partial charge in [-0.15, -0.1) is 0 Å². The highest BCUT2D eigenvalue weighted by Crippen LogP contribution is 2.26. The molecule has 7 heteroatoms. The molecule has 3 aliphatic rings. The average molecular weight is 417 g/mol. The molecule has 158 valence electrons. The monoisotopic (exact) mass is 417 g/mol. The highest BCUT2D eigenvalue weighted by Gasteiger charge is 2.22. The molecule has 0 N–H and O–H groups in total. The van der Waals surface area contributed by atoms with E-state index in [1.807, 2.05) is 37.4 Å². The molecule has 2 aromatic heterocycles. The lowest BCUT2D eigenvalue weighted by atomic mass is 10.0. The first-order valence-corrected chi connectivity index (χ1v) is 10.4. The number of likely N-dealkylation sites (N-methyl/N-ethyl adjacent to an activating group) is 1. The SMILES string of the molecule is Cc1cn2cc(C3=C\C(=O)N4C=C(N5CCN(C)CC5)C=C\C4=C/C=C/3)cc(F)c2n1.